The van der Waals surface area contributed by atoms with E-state index in [4.69, 9.17) is 9.47 Å². The summed E-state index contributed by atoms with van der Waals surface area (Å²) >= 11 is 1.71. The predicted octanol–water partition coefficient (Wildman–Crippen LogP) is 3.77. The predicted molar refractivity (Wildman–Crippen MR) is 118 cm³/mol. The first-order valence-electron chi connectivity index (χ1n) is 9.72. The number of aromatic nitrogens is 5. The third kappa shape index (κ3) is 4.22. The van der Waals surface area contributed by atoms with Gasteiger partial charge in [0.2, 0.25) is 5.82 Å². The number of nitrogens with zero attached hydrogens (tertiary/aromatic N) is 5. The van der Waals surface area contributed by atoms with Crippen molar-refractivity contribution in [3.8, 4) is 22.9 Å². The third-order valence-electron chi connectivity index (χ3n) is 5.15. The molecule has 8 nitrogen and oxygen atoms in total. The molecule has 0 bridgehead atoms. The maximum absolute atomic E-state index is 13.0. The fraction of sp³-hybridized carbons (Fsp3) is 0.273. The van der Waals surface area contributed by atoms with Gasteiger partial charge in [-0.15, -0.1) is 21.5 Å². The van der Waals surface area contributed by atoms with E-state index in [-0.39, 0.29) is 12.3 Å². The van der Waals surface area contributed by atoms with Crippen LogP contribution in [0.25, 0.3) is 11.4 Å². The molecule has 0 aliphatic carbocycles. The van der Waals surface area contributed by atoms with Gasteiger partial charge in [0.15, 0.2) is 17.3 Å². The molecule has 0 radical (unpaired) electrons. The Morgan fingerprint density at radius 1 is 1.10 bits per heavy atom. The number of ether oxygens (including phenoxy) is 2. The average molecular weight is 438 g/mol. The van der Waals surface area contributed by atoms with Crippen molar-refractivity contribution >= 4 is 17.1 Å². The van der Waals surface area contributed by atoms with E-state index in [1.165, 1.54) is 9.67 Å². The van der Waals surface area contributed by atoms with Crippen molar-refractivity contribution in [1.82, 2.24) is 24.8 Å². The van der Waals surface area contributed by atoms with Crippen LogP contribution in [0.1, 0.15) is 26.6 Å². The number of rotatable bonds is 8. The van der Waals surface area contributed by atoms with Gasteiger partial charge in [0, 0.05) is 27.4 Å². The minimum atomic E-state index is -0.0539. The molecule has 0 saturated heterocycles. The van der Waals surface area contributed by atoms with Gasteiger partial charge in [-0.2, -0.15) is 4.80 Å². The van der Waals surface area contributed by atoms with Crippen LogP contribution in [0.15, 0.2) is 41.8 Å². The minimum Gasteiger partial charge on any atom is -0.493 e. The summed E-state index contributed by atoms with van der Waals surface area (Å²) in [6.45, 7) is 4.76. The zero-order valence-electron chi connectivity index (χ0n) is 17.8. The Morgan fingerprint density at radius 3 is 2.61 bits per heavy atom. The summed E-state index contributed by atoms with van der Waals surface area (Å²) in [4.78, 5) is 15.5. The average Bonchev–Trinajstić information content (AvgIpc) is 3.51. The van der Waals surface area contributed by atoms with E-state index in [1.807, 2.05) is 32.0 Å². The maximum atomic E-state index is 13.0. The summed E-state index contributed by atoms with van der Waals surface area (Å²) in [6.07, 6.45) is 0. The van der Waals surface area contributed by atoms with E-state index in [9.17, 15) is 4.79 Å². The quantitative estimate of drug-likeness (QED) is 0.390. The smallest absolute Gasteiger partial charge is 0.205 e. The molecule has 3 heterocycles. The summed E-state index contributed by atoms with van der Waals surface area (Å²) in [5, 5.41) is 14.6. The molecule has 31 heavy (non-hydrogen) atoms. The molecule has 0 N–H and O–H groups in total. The van der Waals surface area contributed by atoms with Gasteiger partial charge in [-0.1, -0.05) is 6.07 Å². The van der Waals surface area contributed by atoms with Crippen LogP contribution in [0.2, 0.25) is 0 Å². The van der Waals surface area contributed by atoms with Crippen LogP contribution in [0.3, 0.4) is 0 Å². The number of hydrogen-bond donors (Lipinski definition) is 0. The number of hydrogen-bond acceptors (Lipinski definition) is 7. The molecule has 4 rings (SSSR count). The standard InChI is InChI=1S/C22H23N5O3S/c1-14-10-18(15(2)26(14)12-17-6-5-9-31-17)19(28)13-27-24-22(23-25-27)16-7-8-20(29-3)21(11-16)30-4/h5-11H,12-13H2,1-4H3. The molecule has 0 aliphatic rings. The Hall–Kier alpha value is -3.46. The Balaban J connectivity index is 1.52. The number of carbonyl (C=O) groups excluding carboxylic acids is 1. The van der Waals surface area contributed by atoms with Crippen molar-refractivity contribution in [2.75, 3.05) is 14.2 Å². The van der Waals surface area contributed by atoms with E-state index < -0.39 is 0 Å². The van der Waals surface area contributed by atoms with Gasteiger partial charge in [-0.25, -0.2) is 0 Å². The summed E-state index contributed by atoms with van der Waals surface area (Å²) in [6, 6.07) is 11.4. The molecular weight excluding hydrogens is 414 g/mol. The zero-order valence-corrected chi connectivity index (χ0v) is 18.6. The Bertz CT molecular complexity index is 1210. The molecular formula is C22H23N5O3S. The number of ketones is 1. The van der Waals surface area contributed by atoms with E-state index in [0.29, 0.717) is 22.9 Å². The van der Waals surface area contributed by atoms with Crippen LogP contribution in [-0.4, -0.2) is 44.8 Å². The zero-order chi connectivity index (χ0) is 22.0. The van der Waals surface area contributed by atoms with Crippen molar-refractivity contribution in [3.63, 3.8) is 0 Å². The Labute approximate surface area is 184 Å². The SMILES string of the molecule is COc1ccc(-c2nnn(CC(=O)c3cc(C)n(Cc4cccs4)c3C)n2)cc1OC. The second kappa shape index (κ2) is 8.73. The molecule has 0 aliphatic heterocycles. The van der Waals surface area contributed by atoms with Gasteiger partial charge in [-0.05, 0) is 54.8 Å². The van der Waals surface area contributed by atoms with E-state index in [0.717, 1.165) is 23.5 Å². The number of thiophene rings is 1. The summed E-state index contributed by atoms with van der Waals surface area (Å²) in [7, 11) is 3.15. The first-order valence-corrected chi connectivity index (χ1v) is 10.6. The van der Waals surface area contributed by atoms with Crippen molar-refractivity contribution in [3.05, 3.63) is 63.6 Å². The highest BCUT2D eigenvalue weighted by Crippen LogP contribution is 2.30. The van der Waals surface area contributed by atoms with E-state index in [1.54, 1.807) is 37.7 Å². The number of aryl methyl sites for hydroxylation is 1. The number of carbonyl (C=O) groups is 1. The molecule has 9 heteroatoms. The van der Waals surface area contributed by atoms with E-state index >= 15 is 0 Å². The lowest BCUT2D eigenvalue weighted by Gasteiger charge is -2.08. The molecule has 1 aromatic carbocycles. The lowest BCUT2D eigenvalue weighted by Crippen LogP contribution is -2.14. The van der Waals surface area contributed by atoms with Crippen LogP contribution in [-0.2, 0) is 13.1 Å². The highest BCUT2D eigenvalue weighted by molar-refractivity contribution is 7.09. The second-order valence-corrected chi connectivity index (χ2v) is 8.12. The molecule has 0 saturated carbocycles. The van der Waals surface area contributed by atoms with Gasteiger partial charge >= 0.3 is 0 Å². The lowest BCUT2D eigenvalue weighted by molar-refractivity contribution is 0.0960. The van der Waals surface area contributed by atoms with Crippen LogP contribution < -0.4 is 9.47 Å². The topological polar surface area (TPSA) is 84.1 Å². The molecule has 0 amide bonds. The molecule has 0 fully saturated rings. The van der Waals surface area contributed by atoms with Crippen LogP contribution in [0.5, 0.6) is 11.5 Å². The molecule has 4 aromatic rings. The minimum absolute atomic E-state index is 0.0174. The maximum Gasteiger partial charge on any atom is 0.205 e. The summed E-state index contributed by atoms with van der Waals surface area (Å²) in [5.41, 5.74) is 3.40. The lowest BCUT2D eigenvalue weighted by atomic mass is 10.1. The van der Waals surface area contributed by atoms with Gasteiger partial charge < -0.3 is 14.0 Å². The highest BCUT2D eigenvalue weighted by atomic mass is 32.1. The van der Waals surface area contributed by atoms with Crippen molar-refractivity contribution in [1.29, 1.82) is 0 Å². The first kappa shape index (κ1) is 20.8. The Kier molecular flexibility index (Phi) is 5.85. The highest BCUT2D eigenvalue weighted by Gasteiger charge is 2.18. The molecule has 0 spiro atoms. The number of Topliss-reactive ketones (excluding diaryl/α,β-unsaturated/α-hetero) is 1. The molecule has 3 aromatic heterocycles. The van der Waals surface area contributed by atoms with Crippen molar-refractivity contribution in [2.45, 2.75) is 26.9 Å². The Morgan fingerprint density at radius 2 is 1.90 bits per heavy atom. The van der Waals surface area contributed by atoms with Gasteiger partial charge in [0.05, 0.1) is 20.8 Å². The number of benzene rings is 1. The molecule has 0 unspecified atom stereocenters. The summed E-state index contributed by atoms with van der Waals surface area (Å²) in [5.74, 6) is 1.55. The van der Waals surface area contributed by atoms with Crippen LogP contribution in [0, 0.1) is 13.8 Å². The van der Waals surface area contributed by atoms with E-state index in [2.05, 4.69) is 31.4 Å². The number of tetrazole rings is 1. The normalized spacial score (nSPS) is 11.0. The van der Waals surface area contributed by atoms with Gasteiger partial charge in [0.1, 0.15) is 6.54 Å². The van der Waals surface area contributed by atoms with Gasteiger partial charge in [0.25, 0.3) is 0 Å². The second-order valence-electron chi connectivity index (χ2n) is 7.09. The van der Waals surface area contributed by atoms with Gasteiger partial charge in [-0.3, -0.25) is 4.79 Å². The largest absolute Gasteiger partial charge is 0.493 e. The first-order chi connectivity index (χ1) is 15.0. The van der Waals surface area contributed by atoms with Crippen LogP contribution in [0.4, 0.5) is 0 Å². The molecule has 0 atom stereocenters. The monoisotopic (exact) mass is 437 g/mol. The fourth-order valence-electron chi connectivity index (χ4n) is 3.50. The number of methoxy groups -OCH3 is 2. The molecule has 160 valence electrons. The van der Waals surface area contributed by atoms with Crippen molar-refractivity contribution in [2.24, 2.45) is 0 Å². The van der Waals surface area contributed by atoms with Crippen LogP contribution >= 0.6 is 11.3 Å². The fourth-order valence-corrected chi connectivity index (χ4v) is 4.19. The summed E-state index contributed by atoms with van der Waals surface area (Å²) < 4.78 is 12.7. The third-order valence-corrected chi connectivity index (χ3v) is 6.01. The van der Waals surface area contributed by atoms with Crippen molar-refractivity contribution < 1.29 is 14.3 Å².